The van der Waals surface area contributed by atoms with Crippen molar-refractivity contribution >= 4 is 11.7 Å². The molecule has 1 spiro atoms. The van der Waals surface area contributed by atoms with Gasteiger partial charge in [-0.3, -0.25) is 9.59 Å². The van der Waals surface area contributed by atoms with Crippen molar-refractivity contribution in [3.63, 3.8) is 0 Å². The van der Waals surface area contributed by atoms with Crippen molar-refractivity contribution in [2.45, 2.75) is 45.4 Å². The Labute approximate surface area is 162 Å². The molecule has 1 aromatic rings. The number of aliphatic hydroxyl groups is 1. The number of Topliss-reactive ketones (excluding diaryl/α,β-unsaturated/α-hetero) is 1. The summed E-state index contributed by atoms with van der Waals surface area (Å²) in [6.45, 7) is 6.38. The number of β-amino-alcohol motifs (C(OH)–C–C–N with tert-alkyl or cyclic N) is 1. The summed E-state index contributed by atoms with van der Waals surface area (Å²) in [5.41, 5.74) is 2.22. The highest BCUT2D eigenvalue weighted by atomic mass is 16.3. The molecule has 0 aromatic heterocycles. The second-order valence-corrected chi connectivity index (χ2v) is 8.27. The van der Waals surface area contributed by atoms with Crippen LogP contribution in [0.5, 0.6) is 0 Å². The molecule has 3 rings (SSSR count). The van der Waals surface area contributed by atoms with Crippen LogP contribution in [-0.4, -0.2) is 65.9 Å². The normalized spacial score (nSPS) is 20.2. The molecule has 5 heteroatoms. The summed E-state index contributed by atoms with van der Waals surface area (Å²) in [5, 5.41) is 9.17. The zero-order valence-corrected chi connectivity index (χ0v) is 16.5. The molecule has 148 valence electrons. The molecule has 2 aliphatic heterocycles. The number of nitrogens with zero attached hydrogens (tertiary/aromatic N) is 2. The first kappa shape index (κ1) is 20.0. The fourth-order valence-electron chi connectivity index (χ4n) is 4.43. The van der Waals surface area contributed by atoms with Crippen molar-refractivity contribution in [1.29, 1.82) is 0 Å². The summed E-state index contributed by atoms with van der Waals surface area (Å²) in [6.07, 6.45) is 5.30. The summed E-state index contributed by atoms with van der Waals surface area (Å²) >= 11 is 0. The maximum atomic E-state index is 12.3. The van der Waals surface area contributed by atoms with Crippen molar-refractivity contribution in [3.8, 4) is 0 Å². The van der Waals surface area contributed by atoms with E-state index < -0.39 is 0 Å². The van der Waals surface area contributed by atoms with E-state index >= 15 is 0 Å². The number of aryl methyl sites for hydroxylation is 1. The molecule has 0 atom stereocenters. The minimum Gasteiger partial charge on any atom is -0.395 e. The van der Waals surface area contributed by atoms with E-state index in [0.29, 0.717) is 19.4 Å². The largest absolute Gasteiger partial charge is 0.395 e. The second-order valence-electron chi connectivity index (χ2n) is 8.27. The second kappa shape index (κ2) is 8.98. The summed E-state index contributed by atoms with van der Waals surface area (Å²) in [6, 6.07) is 7.83. The van der Waals surface area contributed by atoms with Crippen LogP contribution in [0.25, 0.3) is 0 Å². The van der Waals surface area contributed by atoms with Gasteiger partial charge in [0.25, 0.3) is 0 Å². The van der Waals surface area contributed by atoms with Gasteiger partial charge >= 0.3 is 0 Å². The van der Waals surface area contributed by atoms with Crippen LogP contribution in [0.2, 0.25) is 0 Å². The lowest BCUT2D eigenvalue weighted by atomic mass is 9.72. The van der Waals surface area contributed by atoms with Crippen LogP contribution in [-0.2, 0) is 4.79 Å². The Morgan fingerprint density at radius 3 is 2.48 bits per heavy atom. The van der Waals surface area contributed by atoms with Crippen LogP contribution in [0.1, 0.15) is 54.4 Å². The van der Waals surface area contributed by atoms with E-state index in [4.69, 9.17) is 0 Å². The average Bonchev–Trinajstić information content (AvgIpc) is 2.67. The number of carbonyl (C=O) groups is 2. The standard InChI is InChI=1S/C22H32N2O3/c1-18-4-6-19(7-5-18)20(26)3-2-12-23-13-10-22(11-14-23)9-8-21(27)24(17-22)15-16-25/h4-7,25H,2-3,8-17H2,1H3. The predicted molar refractivity (Wildman–Crippen MR) is 106 cm³/mol. The van der Waals surface area contributed by atoms with Crippen LogP contribution in [0.3, 0.4) is 0 Å². The average molecular weight is 373 g/mol. The molecule has 0 aliphatic carbocycles. The quantitative estimate of drug-likeness (QED) is 0.748. The third kappa shape index (κ3) is 5.17. The summed E-state index contributed by atoms with van der Waals surface area (Å²) < 4.78 is 0. The Balaban J connectivity index is 1.41. The molecule has 0 bridgehead atoms. The van der Waals surface area contributed by atoms with Gasteiger partial charge in [0.1, 0.15) is 0 Å². The molecule has 2 heterocycles. The Morgan fingerprint density at radius 2 is 1.81 bits per heavy atom. The van der Waals surface area contributed by atoms with E-state index in [0.717, 1.165) is 57.4 Å². The van der Waals surface area contributed by atoms with Gasteiger partial charge in [-0.2, -0.15) is 0 Å². The first-order chi connectivity index (χ1) is 13.0. The summed E-state index contributed by atoms with van der Waals surface area (Å²) in [5.74, 6) is 0.417. The van der Waals surface area contributed by atoms with Gasteiger partial charge in [-0.25, -0.2) is 0 Å². The van der Waals surface area contributed by atoms with Crippen molar-refractivity contribution in [1.82, 2.24) is 9.80 Å². The topological polar surface area (TPSA) is 60.9 Å². The lowest BCUT2D eigenvalue weighted by molar-refractivity contribution is -0.139. The van der Waals surface area contributed by atoms with Gasteiger partial charge in [-0.15, -0.1) is 0 Å². The molecular formula is C22H32N2O3. The van der Waals surface area contributed by atoms with Gasteiger partial charge in [-0.05, 0) is 57.7 Å². The van der Waals surface area contributed by atoms with Gasteiger partial charge < -0.3 is 14.9 Å². The molecule has 1 aromatic carbocycles. The van der Waals surface area contributed by atoms with E-state index in [1.165, 1.54) is 5.56 Å². The number of ketones is 1. The van der Waals surface area contributed by atoms with E-state index in [1.807, 2.05) is 36.1 Å². The van der Waals surface area contributed by atoms with Crippen LogP contribution in [0.4, 0.5) is 0 Å². The highest BCUT2D eigenvalue weighted by molar-refractivity contribution is 5.96. The maximum Gasteiger partial charge on any atom is 0.222 e. The first-order valence-electron chi connectivity index (χ1n) is 10.2. The number of amides is 1. The molecule has 0 unspecified atom stereocenters. The SMILES string of the molecule is Cc1ccc(C(=O)CCCN2CCC3(CCC(=O)N(CCO)C3)CC2)cc1. The molecule has 1 N–H and O–H groups in total. The summed E-state index contributed by atoms with van der Waals surface area (Å²) in [4.78, 5) is 28.6. The van der Waals surface area contributed by atoms with Gasteiger partial charge in [0, 0.05) is 31.5 Å². The minimum absolute atomic E-state index is 0.0446. The highest BCUT2D eigenvalue weighted by Crippen LogP contribution is 2.40. The van der Waals surface area contributed by atoms with Crippen molar-refractivity contribution in [3.05, 3.63) is 35.4 Å². The third-order valence-corrected chi connectivity index (χ3v) is 6.29. The van der Waals surface area contributed by atoms with Crippen LogP contribution in [0, 0.1) is 12.3 Å². The summed E-state index contributed by atoms with van der Waals surface area (Å²) in [7, 11) is 0. The molecular weight excluding hydrogens is 340 g/mol. The van der Waals surface area contributed by atoms with Crippen LogP contribution < -0.4 is 0 Å². The lowest BCUT2D eigenvalue weighted by Gasteiger charge is -2.47. The third-order valence-electron chi connectivity index (χ3n) is 6.29. The van der Waals surface area contributed by atoms with Crippen molar-refractivity contribution < 1.29 is 14.7 Å². The number of hydrogen-bond donors (Lipinski definition) is 1. The van der Waals surface area contributed by atoms with Crippen LogP contribution in [0.15, 0.2) is 24.3 Å². The molecule has 0 radical (unpaired) electrons. The number of carbonyl (C=O) groups excluding carboxylic acids is 2. The maximum absolute atomic E-state index is 12.3. The van der Waals surface area contributed by atoms with E-state index in [9.17, 15) is 14.7 Å². The van der Waals surface area contributed by atoms with Gasteiger partial charge in [-0.1, -0.05) is 29.8 Å². The molecule has 0 saturated carbocycles. The van der Waals surface area contributed by atoms with Gasteiger partial charge in [0.2, 0.25) is 5.91 Å². The number of likely N-dealkylation sites (tertiary alicyclic amines) is 2. The minimum atomic E-state index is 0.0446. The number of benzene rings is 1. The molecule has 2 fully saturated rings. The predicted octanol–water partition coefficient (Wildman–Crippen LogP) is 2.65. The zero-order chi connectivity index (χ0) is 19.3. The number of piperidine rings is 2. The van der Waals surface area contributed by atoms with E-state index in [2.05, 4.69) is 4.90 Å². The lowest BCUT2D eigenvalue weighted by Crippen LogP contribution is -2.52. The molecule has 2 aliphatic rings. The Morgan fingerprint density at radius 1 is 1.11 bits per heavy atom. The molecule has 5 nitrogen and oxygen atoms in total. The first-order valence-corrected chi connectivity index (χ1v) is 10.2. The molecule has 2 saturated heterocycles. The Kier molecular flexibility index (Phi) is 6.66. The smallest absolute Gasteiger partial charge is 0.222 e. The van der Waals surface area contributed by atoms with Crippen molar-refractivity contribution in [2.24, 2.45) is 5.41 Å². The number of aliphatic hydroxyl groups excluding tert-OH is 1. The highest BCUT2D eigenvalue weighted by Gasteiger charge is 2.40. The monoisotopic (exact) mass is 372 g/mol. The fraction of sp³-hybridized carbons (Fsp3) is 0.636. The number of rotatable bonds is 7. The Bertz CT molecular complexity index is 648. The van der Waals surface area contributed by atoms with Crippen molar-refractivity contribution in [2.75, 3.05) is 39.3 Å². The van der Waals surface area contributed by atoms with E-state index in [-0.39, 0.29) is 23.7 Å². The Hall–Kier alpha value is -1.72. The number of hydrogen-bond acceptors (Lipinski definition) is 4. The van der Waals surface area contributed by atoms with Gasteiger partial charge in [0.05, 0.1) is 6.61 Å². The van der Waals surface area contributed by atoms with Crippen LogP contribution >= 0.6 is 0 Å². The fourth-order valence-corrected chi connectivity index (χ4v) is 4.43. The van der Waals surface area contributed by atoms with E-state index in [1.54, 1.807) is 0 Å². The molecule has 27 heavy (non-hydrogen) atoms. The zero-order valence-electron chi connectivity index (χ0n) is 16.5. The molecule has 1 amide bonds. The van der Waals surface area contributed by atoms with Gasteiger partial charge in [0.15, 0.2) is 5.78 Å².